The van der Waals surface area contributed by atoms with E-state index in [4.69, 9.17) is 12.2 Å². The number of thiocarbonyl (C=S) groups is 1. The van der Waals surface area contributed by atoms with Gasteiger partial charge >= 0.3 is 0 Å². The molecule has 0 saturated carbocycles. The highest BCUT2D eigenvalue weighted by molar-refractivity contribution is 7.80. The Kier molecular flexibility index (Phi) is 4.13. The van der Waals surface area contributed by atoms with E-state index in [9.17, 15) is 0 Å². The molecule has 0 spiro atoms. The van der Waals surface area contributed by atoms with E-state index in [1.807, 2.05) is 30.5 Å². The quantitative estimate of drug-likeness (QED) is 0.705. The van der Waals surface area contributed by atoms with Crippen LogP contribution in [0.1, 0.15) is 18.5 Å². The van der Waals surface area contributed by atoms with Crippen LogP contribution in [0.15, 0.2) is 54.7 Å². The first kappa shape index (κ1) is 14.0. The highest BCUT2D eigenvalue weighted by Crippen LogP contribution is 2.22. The molecule has 0 saturated heterocycles. The van der Waals surface area contributed by atoms with Crippen LogP contribution in [0.5, 0.6) is 0 Å². The molecule has 0 amide bonds. The van der Waals surface area contributed by atoms with Crippen molar-refractivity contribution in [2.45, 2.75) is 13.0 Å². The summed E-state index contributed by atoms with van der Waals surface area (Å²) in [4.78, 5) is 0. The van der Waals surface area contributed by atoms with Gasteiger partial charge in [-0.05, 0) is 54.4 Å². The van der Waals surface area contributed by atoms with Gasteiger partial charge in [-0.15, -0.1) is 0 Å². The van der Waals surface area contributed by atoms with Crippen LogP contribution in [0.4, 0.5) is 5.69 Å². The largest absolute Gasteiger partial charge is 0.356 e. The van der Waals surface area contributed by atoms with Crippen molar-refractivity contribution in [1.82, 2.24) is 9.69 Å². The van der Waals surface area contributed by atoms with Gasteiger partial charge in [0.1, 0.15) is 0 Å². The average molecular weight is 313 g/mol. The second-order valence-electron chi connectivity index (χ2n) is 4.81. The van der Waals surface area contributed by atoms with Gasteiger partial charge in [0.05, 0.1) is 10.7 Å². The summed E-state index contributed by atoms with van der Waals surface area (Å²) in [5, 5.41) is 8.26. The van der Waals surface area contributed by atoms with Gasteiger partial charge < -0.3 is 10.6 Å². The van der Waals surface area contributed by atoms with Gasteiger partial charge in [-0.3, -0.25) is 0 Å². The first-order chi connectivity index (χ1) is 10.2. The maximum atomic E-state index is 5.38. The molecule has 0 radical (unpaired) electrons. The maximum Gasteiger partial charge on any atom is 0.171 e. The van der Waals surface area contributed by atoms with Crippen molar-refractivity contribution in [2.24, 2.45) is 0 Å². The van der Waals surface area contributed by atoms with Gasteiger partial charge in [-0.1, -0.05) is 30.3 Å². The van der Waals surface area contributed by atoms with Crippen molar-refractivity contribution in [3.8, 4) is 0 Å². The SMILES string of the molecule is CC(NC(=S)Nc1ccc2sncc2c1)c1ccccc1. The lowest BCUT2D eigenvalue weighted by Crippen LogP contribution is -2.30. The molecular weight excluding hydrogens is 298 g/mol. The second-order valence-corrected chi connectivity index (χ2v) is 6.05. The summed E-state index contributed by atoms with van der Waals surface area (Å²) >= 11 is 6.88. The van der Waals surface area contributed by atoms with E-state index < -0.39 is 0 Å². The molecule has 0 aliphatic rings. The normalized spacial score (nSPS) is 12.0. The van der Waals surface area contributed by atoms with E-state index in [0.717, 1.165) is 11.1 Å². The molecule has 1 atom stereocenters. The Morgan fingerprint density at radius 2 is 2.00 bits per heavy atom. The predicted molar refractivity (Wildman–Crippen MR) is 93.8 cm³/mol. The van der Waals surface area contributed by atoms with Crippen LogP contribution >= 0.6 is 23.8 Å². The van der Waals surface area contributed by atoms with Crippen LogP contribution in [0.2, 0.25) is 0 Å². The lowest BCUT2D eigenvalue weighted by molar-refractivity contribution is 0.723. The van der Waals surface area contributed by atoms with Gasteiger partial charge in [0, 0.05) is 17.3 Å². The second kappa shape index (κ2) is 6.20. The highest BCUT2D eigenvalue weighted by Gasteiger charge is 2.07. The Morgan fingerprint density at radius 1 is 1.19 bits per heavy atom. The summed E-state index contributed by atoms with van der Waals surface area (Å²) in [5.41, 5.74) is 2.18. The minimum Gasteiger partial charge on any atom is -0.356 e. The van der Waals surface area contributed by atoms with Crippen LogP contribution in [-0.2, 0) is 0 Å². The first-order valence-corrected chi connectivity index (χ1v) is 7.87. The standard InChI is InChI=1S/C16H15N3S2/c1-11(12-5-3-2-4-6-12)18-16(20)19-14-7-8-15-13(9-14)10-17-21-15/h2-11H,1H3,(H2,18,19,20). The number of rotatable bonds is 3. The third-order valence-electron chi connectivity index (χ3n) is 3.26. The van der Waals surface area contributed by atoms with Crippen LogP contribution < -0.4 is 10.6 Å². The zero-order valence-corrected chi connectivity index (χ0v) is 13.2. The molecule has 0 fully saturated rings. The number of fused-ring (bicyclic) bond motifs is 1. The van der Waals surface area contributed by atoms with Crippen molar-refractivity contribution in [2.75, 3.05) is 5.32 Å². The van der Waals surface area contributed by atoms with Crippen LogP contribution in [-0.4, -0.2) is 9.49 Å². The van der Waals surface area contributed by atoms with Crippen molar-refractivity contribution in [1.29, 1.82) is 0 Å². The fourth-order valence-electron chi connectivity index (χ4n) is 2.14. The predicted octanol–water partition coefficient (Wildman–Crippen LogP) is 4.34. The number of hydrogen-bond acceptors (Lipinski definition) is 3. The fourth-order valence-corrected chi connectivity index (χ4v) is 3.06. The highest BCUT2D eigenvalue weighted by atomic mass is 32.1. The lowest BCUT2D eigenvalue weighted by Gasteiger charge is -2.17. The maximum absolute atomic E-state index is 5.38. The number of anilines is 1. The molecular formula is C16H15N3S2. The van der Waals surface area contributed by atoms with E-state index in [-0.39, 0.29) is 6.04 Å². The zero-order chi connectivity index (χ0) is 14.7. The van der Waals surface area contributed by atoms with Crippen LogP contribution in [0, 0.1) is 0 Å². The summed E-state index contributed by atoms with van der Waals surface area (Å²) in [6.45, 7) is 2.09. The van der Waals surface area contributed by atoms with Gasteiger partial charge in [-0.25, -0.2) is 0 Å². The molecule has 2 aromatic carbocycles. The number of aromatic nitrogens is 1. The van der Waals surface area contributed by atoms with E-state index in [1.165, 1.54) is 21.8 Å². The third kappa shape index (κ3) is 3.37. The summed E-state index contributed by atoms with van der Waals surface area (Å²) in [5.74, 6) is 0. The van der Waals surface area contributed by atoms with E-state index in [1.54, 1.807) is 0 Å². The third-order valence-corrected chi connectivity index (χ3v) is 4.26. The molecule has 106 valence electrons. The number of nitrogens with zero attached hydrogens (tertiary/aromatic N) is 1. The smallest absolute Gasteiger partial charge is 0.171 e. The molecule has 21 heavy (non-hydrogen) atoms. The van der Waals surface area contributed by atoms with Crippen molar-refractivity contribution < 1.29 is 0 Å². The van der Waals surface area contributed by atoms with Crippen molar-refractivity contribution in [3.05, 3.63) is 60.3 Å². The van der Waals surface area contributed by atoms with E-state index >= 15 is 0 Å². The number of nitrogens with one attached hydrogen (secondary N) is 2. The molecule has 1 unspecified atom stereocenters. The number of hydrogen-bond donors (Lipinski definition) is 2. The van der Waals surface area contributed by atoms with Gasteiger partial charge in [0.2, 0.25) is 0 Å². The molecule has 1 aromatic heterocycles. The number of benzene rings is 2. The monoisotopic (exact) mass is 313 g/mol. The summed E-state index contributed by atoms with van der Waals surface area (Å²) in [6, 6.07) is 16.5. The van der Waals surface area contributed by atoms with E-state index in [2.05, 4.69) is 46.2 Å². The molecule has 3 nitrogen and oxygen atoms in total. The van der Waals surface area contributed by atoms with Crippen LogP contribution in [0.25, 0.3) is 10.1 Å². The minimum absolute atomic E-state index is 0.165. The lowest BCUT2D eigenvalue weighted by atomic mass is 10.1. The molecule has 1 heterocycles. The molecule has 3 aromatic rings. The Bertz CT molecular complexity index is 752. The van der Waals surface area contributed by atoms with Crippen molar-refractivity contribution >= 4 is 44.6 Å². The topological polar surface area (TPSA) is 37.0 Å². The van der Waals surface area contributed by atoms with Gasteiger partial charge in [0.25, 0.3) is 0 Å². The molecule has 0 bridgehead atoms. The Morgan fingerprint density at radius 3 is 2.81 bits per heavy atom. The zero-order valence-electron chi connectivity index (χ0n) is 11.5. The van der Waals surface area contributed by atoms with Crippen molar-refractivity contribution in [3.63, 3.8) is 0 Å². The average Bonchev–Trinajstić information content (AvgIpc) is 2.95. The minimum atomic E-state index is 0.165. The van der Waals surface area contributed by atoms with Crippen LogP contribution in [0.3, 0.4) is 0 Å². The van der Waals surface area contributed by atoms with Gasteiger partial charge in [0.15, 0.2) is 5.11 Å². The molecule has 3 rings (SSSR count). The Labute approximate surface area is 133 Å². The Balaban J connectivity index is 1.66. The van der Waals surface area contributed by atoms with E-state index in [0.29, 0.717) is 5.11 Å². The summed E-state index contributed by atoms with van der Waals surface area (Å²) < 4.78 is 5.35. The molecule has 0 aliphatic heterocycles. The molecule has 2 N–H and O–H groups in total. The summed E-state index contributed by atoms with van der Waals surface area (Å²) in [6.07, 6.45) is 1.87. The first-order valence-electron chi connectivity index (χ1n) is 6.69. The molecule has 5 heteroatoms. The molecule has 0 aliphatic carbocycles. The fraction of sp³-hybridized carbons (Fsp3) is 0.125. The summed E-state index contributed by atoms with van der Waals surface area (Å²) in [7, 11) is 0. The Hall–Kier alpha value is -1.98. The van der Waals surface area contributed by atoms with Gasteiger partial charge in [-0.2, -0.15) is 4.37 Å².